The monoisotopic (exact) mass is 372 g/mol. The van der Waals surface area contributed by atoms with Crippen LogP contribution < -0.4 is 0 Å². The molecule has 28 heavy (non-hydrogen) atoms. The predicted molar refractivity (Wildman–Crippen MR) is 105 cm³/mol. The SMILES string of the molecule is CC(=Cc1ccco1)c1c(-c2ccccc2)ncn1Cc1noc(C2CC2)n1. The van der Waals surface area contributed by atoms with E-state index in [1.807, 2.05) is 42.7 Å². The Morgan fingerprint density at radius 3 is 2.79 bits per heavy atom. The van der Waals surface area contributed by atoms with Crippen LogP contribution in [-0.4, -0.2) is 19.7 Å². The van der Waals surface area contributed by atoms with Gasteiger partial charge in [0.1, 0.15) is 5.76 Å². The topological polar surface area (TPSA) is 69.9 Å². The van der Waals surface area contributed by atoms with Crippen molar-refractivity contribution in [2.24, 2.45) is 0 Å². The molecule has 0 atom stereocenters. The highest BCUT2D eigenvalue weighted by atomic mass is 16.5. The molecule has 0 aliphatic heterocycles. The molecule has 0 bridgehead atoms. The first-order chi connectivity index (χ1) is 13.8. The maximum Gasteiger partial charge on any atom is 0.229 e. The molecule has 4 aromatic rings. The highest BCUT2D eigenvalue weighted by molar-refractivity contribution is 5.84. The lowest BCUT2D eigenvalue weighted by Crippen LogP contribution is -2.04. The molecule has 6 nitrogen and oxygen atoms in total. The van der Waals surface area contributed by atoms with E-state index >= 15 is 0 Å². The number of rotatable bonds is 6. The number of hydrogen-bond acceptors (Lipinski definition) is 5. The smallest absolute Gasteiger partial charge is 0.229 e. The van der Waals surface area contributed by atoms with Gasteiger partial charge in [0.05, 0.1) is 30.5 Å². The van der Waals surface area contributed by atoms with Crippen molar-refractivity contribution in [1.82, 2.24) is 19.7 Å². The number of hydrogen-bond donors (Lipinski definition) is 0. The van der Waals surface area contributed by atoms with Gasteiger partial charge in [0.25, 0.3) is 0 Å². The van der Waals surface area contributed by atoms with Gasteiger partial charge in [-0.1, -0.05) is 35.5 Å². The molecule has 1 fully saturated rings. The van der Waals surface area contributed by atoms with E-state index in [9.17, 15) is 0 Å². The van der Waals surface area contributed by atoms with E-state index in [0.717, 1.165) is 47.0 Å². The van der Waals surface area contributed by atoms with Crippen molar-refractivity contribution >= 4 is 11.6 Å². The van der Waals surface area contributed by atoms with E-state index in [0.29, 0.717) is 18.3 Å². The van der Waals surface area contributed by atoms with Crippen molar-refractivity contribution < 1.29 is 8.94 Å². The second-order valence-corrected chi connectivity index (χ2v) is 7.10. The van der Waals surface area contributed by atoms with Gasteiger partial charge >= 0.3 is 0 Å². The molecule has 1 aromatic carbocycles. The number of furan rings is 1. The highest BCUT2D eigenvalue weighted by Crippen LogP contribution is 2.39. The molecule has 0 unspecified atom stereocenters. The maximum absolute atomic E-state index is 5.50. The lowest BCUT2D eigenvalue weighted by Gasteiger charge is -2.09. The van der Waals surface area contributed by atoms with E-state index in [-0.39, 0.29) is 0 Å². The second-order valence-electron chi connectivity index (χ2n) is 7.10. The quantitative estimate of drug-likeness (QED) is 0.476. The molecule has 0 radical (unpaired) electrons. The third kappa shape index (κ3) is 3.29. The summed E-state index contributed by atoms with van der Waals surface area (Å²) in [5.41, 5.74) is 4.06. The van der Waals surface area contributed by atoms with Gasteiger partial charge in [-0.2, -0.15) is 4.98 Å². The molecule has 3 aromatic heterocycles. The van der Waals surface area contributed by atoms with Gasteiger partial charge in [0, 0.05) is 11.5 Å². The molecule has 140 valence electrons. The van der Waals surface area contributed by atoms with Crippen molar-refractivity contribution in [2.75, 3.05) is 0 Å². The molecule has 3 heterocycles. The molecule has 1 aliphatic rings. The van der Waals surface area contributed by atoms with Crippen molar-refractivity contribution in [3.63, 3.8) is 0 Å². The van der Waals surface area contributed by atoms with E-state index in [1.165, 1.54) is 0 Å². The van der Waals surface area contributed by atoms with Gasteiger partial charge in [-0.25, -0.2) is 4.98 Å². The summed E-state index contributed by atoms with van der Waals surface area (Å²) in [6.45, 7) is 2.57. The minimum Gasteiger partial charge on any atom is -0.465 e. The molecule has 6 heteroatoms. The molecule has 0 spiro atoms. The molecule has 0 saturated heterocycles. The fourth-order valence-corrected chi connectivity index (χ4v) is 3.36. The lowest BCUT2D eigenvalue weighted by atomic mass is 10.1. The van der Waals surface area contributed by atoms with Crippen LogP contribution in [0, 0.1) is 0 Å². The molecule has 1 aliphatic carbocycles. The Morgan fingerprint density at radius 1 is 1.18 bits per heavy atom. The Kier molecular flexibility index (Phi) is 4.16. The summed E-state index contributed by atoms with van der Waals surface area (Å²) in [6, 6.07) is 14.0. The summed E-state index contributed by atoms with van der Waals surface area (Å²) in [7, 11) is 0. The third-order valence-corrected chi connectivity index (χ3v) is 4.88. The fourth-order valence-electron chi connectivity index (χ4n) is 3.36. The van der Waals surface area contributed by atoms with Crippen LogP contribution in [0.4, 0.5) is 0 Å². The average Bonchev–Trinajstić information content (AvgIpc) is 3.10. The maximum atomic E-state index is 5.50. The first-order valence-electron chi connectivity index (χ1n) is 9.43. The second kappa shape index (κ2) is 6.96. The first kappa shape index (κ1) is 16.7. The summed E-state index contributed by atoms with van der Waals surface area (Å²) in [4.78, 5) is 9.25. The van der Waals surface area contributed by atoms with Crippen molar-refractivity contribution in [3.05, 3.63) is 78.2 Å². The van der Waals surface area contributed by atoms with Gasteiger partial charge in [-0.15, -0.1) is 0 Å². The molecule has 0 N–H and O–H groups in total. The Labute approximate surface area is 162 Å². The van der Waals surface area contributed by atoms with Crippen molar-refractivity contribution in [2.45, 2.75) is 32.2 Å². The molecular formula is C22H20N4O2. The standard InChI is InChI=1S/C22H20N4O2/c1-15(12-18-8-5-11-27-18)21-20(16-6-3-2-4-7-16)23-14-26(21)13-19-24-22(28-25-19)17-9-10-17/h2-8,11-12,14,17H,9-10,13H2,1H3. The zero-order valence-corrected chi connectivity index (χ0v) is 15.6. The summed E-state index contributed by atoms with van der Waals surface area (Å²) < 4.78 is 13.0. The first-order valence-corrected chi connectivity index (χ1v) is 9.43. The number of allylic oxidation sites excluding steroid dienone is 1. The number of benzene rings is 1. The van der Waals surface area contributed by atoms with Crippen molar-refractivity contribution in [3.8, 4) is 11.3 Å². The van der Waals surface area contributed by atoms with Crippen LogP contribution in [0.5, 0.6) is 0 Å². The Balaban J connectivity index is 1.55. The van der Waals surface area contributed by atoms with E-state index in [2.05, 4.69) is 33.8 Å². The zero-order chi connectivity index (χ0) is 18.9. The summed E-state index contributed by atoms with van der Waals surface area (Å²) in [6.07, 6.45) is 7.81. The summed E-state index contributed by atoms with van der Waals surface area (Å²) >= 11 is 0. The fraction of sp³-hybridized carbons (Fsp3) is 0.227. The minimum atomic E-state index is 0.448. The molecular weight excluding hydrogens is 352 g/mol. The van der Waals surface area contributed by atoms with E-state index < -0.39 is 0 Å². The highest BCUT2D eigenvalue weighted by Gasteiger charge is 2.29. The largest absolute Gasteiger partial charge is 0.465 e. The molecule has 1 saturated carbocycles. The lowest BCUT2D eigenvalue weighted by molar-refractivity contribution is 0.373. The Morgan fingerprint density at radius 2 is 2.04 bits per heavy atom. The zero-order valence-electron chi connectivity index (χ0n) is 15.6. The molecule has 5 rings (SSSR count). The normalized spacial score (nSPS) is 14.5. The van der Waals surface area contributed by atoms with Crippen molar-refractivity contribution in [1.29, 1.82) is 0 Å². The third-order valence-electron chi connectivity index (χ3n) is 4.88. The molecule has 0 amide bonds. The van der Waals surface area contributed by atoms with Gasteiger partial charge in [0.2, 0.25) is 5.89 Å². The van der Waals surface area contributed by atoms with Gasteiger partial charge in [-0.05, 0) is 43.5 Å². The summed E-state index contributed by atoms with van der Waals surface area (Å²) in [5, 5.41) is 4.16. The number of nitrogens with zero attached hydrogens (tertiary/aromatic N) is 4. The van der Waals surface area contributed by atoms with Gasteiger partial charge in [0.15, 0.2) is 5.82 Å². The van der Waals surface area contributed by atoms with Crippen LogP contribution in [0.3, 0.4) is 0 Å². The van der Waals surface area contributed by atoms with Crippen LogP contribution >= 0.6 is 0 Å². The minimum absolute atomic E-state index is 0.448. The number of aromatic nitrogens is 4. The van der Waals surface area contributed by atoms with Crippen LogP contribution in [0.2, 0.25) is 0 Å². The van der Waals surface area contributed by atoms with Crippen LogP contribution in [0.1, 0.15) is 48.9 Å². The van der Waals surface area contributed by atoms with Crippen LogP contribution in [0.15, 0.2) is 64.0 Å². The van der Waals surface area contributed by atoms with Gasteiger partial charge < -0.3 is 13.5 Å². The number of imidazole rings is 1. The Bertz CT molecular complexity index is 1100. The van der Waals surface area contributed by atoms with E-state index in [1.54, 1.807) is 6.26 Å². The van der Waals surface area contributed by atoms with E-state index in [4.69, 9.17) is 13.9 Å². The van der Waals surface area contributed by atoms with Gasteiger partial charge in [-0.3, -0.25) is 0 Å². The predicted octanol–water partition coefficient (Wildman–Crippen LogP) is 5.01. The van der Waals surface area contributed by atoms with Crippen LogP contribution in [-0.2, 0) is 6.54 Å². The summed E-state index contributed by atoms with van der Waals surface area (Å²) in [5.74, 6) is 2.68. The van der Waals surface area contributed by atoms with Crippen LogP contribution in [0.25, 0.3) is 22.9 Å². The Hall–Kier alpha value is -3.41. The average molecular weight is 372 g/mol.